The van der Waals surface area contributed by atoms with Crippen molar-refractivity contribution in [2.24, 2.45) is 0 Å². The highest BCUT2D eigenvalue weighted by Crippen LogP contribution is 1.97. The van der Waals surface area contributed by atoms with E-state index in [1.807, 2.05) is 30.3 Å². The van der Waals surface area contributed by atoms with Crippen molar-refractivity contribution in [3.05, 3.63) is 35.9 Å². The van der Waals surface area contributed by atoms with Gasteiger partial charge >= 0.3 is 5.97 Å². The molecule has 0 saturated heterocycles. The average molecular weight is 250 g/mol. The second-order valence-corrected chi connectivity index (χ2v) is 4.03. The maximum Gasteiger partial charge on any atom is 0.320 e. The molecule has 1 rings (SSSR count). The first-order valence-corrected chi connectivity index (χ1v) is 5.86. The van der Waals surface area contributed by atoms with E-state index in [1.54, 1.807) is 0 Å². The molecule has 1 aromatic rings. The van der Waals surface area contributed by atoms with Crippen molar-refractivity contribution in [1.29, 1.82) is 0 Å². The lowest BCUT2D eigenvalue weighted by Gasteiger charge is -2.09. The van der Waals surface area contributed by atoms with Crippen LogP contribution in [0.25, 0.3) is 0 Å². The molecule has 98 valence electrons. The molecule has 0 saturated carbocycles. The summed E-state index contributed by atoms with van der Waals surface area (Å²) in [6.45, 7) is 2.06. The molecule has 5 heteroatoms. The normalized spacial score (nSPS) is 11.8. The minimum atomic E-state index is -0.966. The fourth-order valence-corrected chi connectivity index (χ4v) is 1.39. The van der Waals surface area contributed by atoms with E-state index in [-0.39, 0.29) is 12.5 Å². The van der Waals surface area contributed by atoms with Crippen LogP contribution in [-0.4, -0.2) is 36.1 Å². The van der Waals surface area contributed by atoms with Gasteiger partial charge in [0, 0.05) is 6.54 Å². The first-order chi connectivity index (χ1) is 8.59. The molecule has 18 heavy (non-hydrogen) atoms. The van der Waals surface area contributed by atoms with Crippen LogP contribution >= 0.6 is 0 Å². The lowest BCUT2D eigenvalue weighted by Crippen LogP contribution is -2.41. The Morgan fingerprint density at radius 1 is 1.28 bits per heavy atom. The molecule has 0 aliphatic carbocycles. The second kappa shape index (κ2) is 7.45. The Bertz CT molecular complexity index is 392. The van der Waals surface area contributed by atoms with Crippen LogP contribution in [0.3, 0.4) is 0 Å². The lowest BCUT2D eigenvalue weighted by molar-refractivity contribution is -0.139. The number of carboxylic acid groups (broad SMARTS) is 1. The molecular formula is C13H18N2O3. The van der Waals surface area contributed by atoms with Gasteiger partial charge in [-0.05, 0) is 18.9 Å². The second-order valence-electron chi connectivity index (χ2n) is 4.03. The van der Waals surface area contributed by atoms with Crippen LogP contribution in [0, 0.1) is 0 Å². The third-order valence-corrected chi connectivity index (χ3v) is 2.52. The summed E-state index contributed by atoms with van der Waals surface area (Å²) in [4.78, 5) is 21.9. The van der Waals surface area contributed by atoms with Crippen molar-refractivity contribution in [2.75, 3.05) is 13.1 Å². The van der Waals surface area contributed by atoms with Crippen molar-refractivity contribution >= 4 is 11.9 Å². The van der Waals surface area contributed by atoms with Crippen LogP contribution in [0.1, 0.15) is 12.5 Å². The Balaban J connectivity index is 2.16. The number of carbonyl (C=O) groups excluding carboxylic acids is 1. The Kier molecular flexibility index (Phi) is 5.87. The molecule has 0 heterocycles. The van der Waals surface area contributed by atoms with Gasteiger partial charge in [0.2, 0.25) is 5.91 Å². The zero-order valence-corrected chi connectivity index (χ0v) is 10.3. The van der Waals surface area contributed by atoms with Crippen molar-refractivity contribution in [3.8, 4) is 0 Å². The highest BCUT2D eigenvalue weighted by atomic mass is 16.4. The average Bonchev–Trinajstić information content (AvgIpc) is 2.37. The summed E-state index contributed by atoms with van der Waals surface area (Å²) in [6.07, 6.45) is 0.765. The Hall–Kier alpha value is -1.88. The van der Waals surface area contributed by atoms with Crippen LogP contribution in [0.2, 0.25) is 0 Å². The largest absolute Gasteiger partial charge is 0.480 e. The van der Waals surface area contributed by atoms with E-state index in [2.05, 4.69) is 10.6 Å². The Morgan fingerprint density at radius 3 is 2.56 bits per heavy atom. The maximum atomic E-state index is 11.4. The van der Waals surface area contributed by atoms with E-state index in [0.717, 1.165) is 12.0 Å². The summed E-state index contributed by atoms with van der Waals surface area (Å²) < 4.78 is 0. The van der Waals surface area contributed by atoms with Crippen molar-refractivity contribution in [3.63, 3.8) is 0 Å². The zero-order chi connectivity index (χ0) is 13.4. The molecule has 1 unspecified atom stereocenters. The SMILES string of the molecule is CC(NCC(=O)NCCc1ccccc1)C(=O)O. The van der Waals surface area contributed by atoms with Gasteiger partial charge in [-0.3, -0.25) is 14.9 Å². The summed E-state index contributed by atoms with van der Waals surface area (Å²) in [5.41, 5.74) is 1.16. The van der Waals surface area contributed by atoms with Crippen LogP contribution in [-0.2, 0) is 16.0 Å². The lowest BCUT2D eigenvalue weighted by atomic mass is 10.1. The predicted octanol–water partition coefficient (Wildman–Crippen LogP) is 0.408. The first-order valence-electron chi connectivity index (χ1n) is 5.86. The molecule has 1 aromatic carbocycles. The predicted molar refractivity (Wildman–Crippen MR) is 68.3 cm³/mol. The number of carboxylic acids is 1. The number of nitrogens with one attached hydrogen (secondary N) is 2. The molecule has 0 aliphatic heterocycles. The van der Waals surface area contributed by atoms with Gasteiger partial charge in [-0.25, -0.2) is 0 Å². The number of hydrogen-bond donors (Lipinski definition) is 3. The van der Waals surface area contributed by atoms with Gasteiger partial charge in [0.05, 0.1) is 6.54 Å². The summed E-state index contributed by atoms with van der Waals surface area (Å²) in [5, 5.41) is 14.0. The maximum absolute atomic E-state index is 11.4. The number of carbonyl (C=O) groups is 2. The minimum absolute atomic E-state index is 0.0161. The van der Waals surface area contributed by atoms with Crippen LogP contribution < -0.4 is 10.6 Å². The highest BCUT2D eigenvalue weighted by Gasteiger charge is 2.11. The third kappa shape index (κ3) is 5.45. The number of hydrogen-bond acceptors (Lipinski definition) is 3. The molecular weight excluding hydrogens is 232 g/mol. The fraction of sp³-hybridized carbons (Fsp3) is 0.385. The van der Waals surface area contributed by atoms with Gasteiger partial charge in [-0.1, -0.05) is 30.3 Å². The van der Waals surface area contributed by atoms with Crippen molar-refractivity contribution in [2.45, 2.75) is 19.4 Å². The summed E-state index contributed by atoms with van der Waals surface area (Å²) in [7, 11) is 0. The monoisotopic (exact) mass is 250 g/mol. The number of rotatable bonds is 7. The molecule has 1 atom stereocenters. The molecule has 5 nitrogen and oxygen atoms in total. The van der Waals surface area contributed by atoms with Gasteiger partial charge in [-0.2, -0.15) is 0 Å². The van der Waals surface area contributed by atoms with Crippen LogP contribution in [0.15, 0.2) is 30.3 Å². The van der Waals surface area contributed by atoms with Gasteiger partial charge in [0.1, 0.15) is 6.04 Å². The smallest absolute Gasteiger partial charge is 0.320 e. The van der Waals surface area contributed by atoms with E-state index in [0.29, 0.717) is 6.54 Å². The quantitative estimate of drug-likeness (QED) is 0.655. The molecule has 0 bridgehead atoms. The van der Waals surface area contributed by atoms with E-state index in [4.69, 9.17) is 5.11 Å². The van der Waals surface area contributed by atoms with Crippen LogP contribution in [0.5, 0.6) is 0 Å². The van der Waals surface area contributed by atoms with E-state index < -0.39 is 12.0 Å². The topological polar surface area (TPSA) is 78.4 Å². The molecule has 3 N–H and O–H groups in total. The van der Waals surface area contributed by atoms with Gasteiger partial charge in [0.25, 0.3) is 0 Å². The van der Waals surface area contributed by atoms with E-state index in [9.17, 15) is 9.59 Å². The summed E-state index contributed by atoms with van der Waals surface area (Å²) in [5.74, 6) is -1.16. The summed E-state index contributed by atoms with van der Waals surface area (Å²) >= 11 is 0. The number of benzene rings is 1. The molecule has 0 aliphatic rings. The van der Waals surface area contributed by atoms with Crippen LogP contribution in [0.4, 0.5) is 0 Å². The zero-order valence-electron chi connectivity index (χ0n) is 10.3. The molecule has 0 spiro atoms. The molecule has 0 aromatic heterocycles. The van der Waals surface area contributed by atoms with E-state index in [1.165, 1.54) is 6.92 Å². The van der Waals surface area contributed by atoms with Gasteiger partial charge in [0.15, 0.2) is 0 Å². The number of aliphatic carboxylic acids is 1. The van der Waals surface area contributed by atoms with Crippen molar-refractivity contribution < 1.29 is 14.7 Å². The van der Waals surface area contributed by atoms with Gasteiger partial charge in [-0.15, -0.1) is 0 Å². The molecule has 0 fully saturated rings. The fourth-order valence-electron chi connectivity index (χ4n) is 1.39. The van der Waals surface area contributed by atoms with E-state index >= 15 is 0 Å². The minimum Gasteiger partial charge on any atom is -0.480 e. The third-order valence-electron chi connectivity index (χ3n) is 2.52. The summed E-state index contributed by atoms with van der Waals surface area (Å²) in [6, 6.07) is 9.12. The van der Waals surface area contributed by atoms with Gasteiger partial charge < -0.3 is 10.4 Å². The van der Waals surface area contributed by atoms with Crippen molar-refractivity contribution in [1.82, 2.24) is 10.6 Å². The molecule has 0 radical (unpaired) electrons. The first kappa shape index (κ1) is 14.2. The Morgan fingerprint density at radius 2 is 1.94 bits per heavy atom. The standard InChI is InChI=1S/C13H18N2O3/c1-10(13(17)18)15-9-12(16)14-8-7-11-5-3-2-4-6-11/h2-6,10,15H,7-9H2,1H3,(H,14,16)(H,17,18). The highest BCUT2D eigenvalue weighted by molar-refractivity contribution is 5.79. The molecule has 1 amide bonds. The Labute approximate surface area is 106 Å². The number of amides is 1.